The molecule has 0 aromatic heterocycles. The highest BCUT2D eigenvalue weighted by atomic mass is 32.2. The summed E-state index contributed by atoms with van der Waals surface area (Å²) in [6.07, 6.45) is 2.82. The van der Waals surface area contributed by atoms with Crippen LogP contribution >= 0.6 is 0 Å². The summed E-state index contributed by atoms with van der Waals surface area (Å²) in [4.78, 5) is 0.198. The van der Waals surface area contributed by atoms with Gasteiger partial charge in [0.2, 0.25) is 0 Å². The SMILES string of the molecule is CS(=O)(=O)c1ccc(S(=O)(=O)CC2(CC#N)CC2)cc1. The number of sulfone groups is 2. The van der Waals surface area contributed by atoms with Gasteiger partial charge >= 0.3 is 0 Å². The molecule has 1 fully saturated rings. The number of hydrogen-bond acceptors (Lipinski definition) is 5. The van der Waals surface area contributed by atoms with Gasteiger partial charge in [-0.15, -0.1) is 0 Å². The molecule has 0 aliphatic heterocycles. The van der Waals surface area contributed by atoms with Crippen molar-refractivity contribution in [1.29, 1.82) is 5.26 Å². The maximum Gasteiger partial charge on any atom is 0.178 e. The van der Waals surface area contributed by atoms with Gasteiger partial charge in [0.05, 0.1) is 21.6 Å². The molecule has 0 radical (unpaired) electrons. The third kappa shape index (κ3) is 3.19. The van der Waals surface area contributed by atoms with Gasteiger partial charge in [-0.25, -0.2) is 16.8 Å². The Kier molecular flexibility index (Phi) is 3.65. The quantitative estimate of drug-likeness (QED) is 0.822. The van der Waals surface area contributed by atoms with Crippen molar-refractivity contribution in [3.63, 3.8) is 0 Å². The highest BCUT2D eigenvalue weighted by Crippen LogP contribution is 2.50. The zero-order valence-electron chi connectivity index (χ0n) is 11.0. The molecule has 0 heterocycles. The maximum absolute atomic E-state index is 12.3. The summed E-state index contributed by atoms with van der Waals surface area (Å²) in [6.45, 7) is 0. The van der Waals surface area contributed by atoms with E-state index in [1.165, 1.54) is 24.3 Å². The first-order chi connectivity index (χ1) is 9.19. The lowest BCUT2D eigenvalue weighted by Crippen LogP contribution is -2.17. The minimum atomic E-state index is -3.49. The lowest BCUT2D eigenvalue weighted by molar-refractivity contribution is 0.548. The van der Waals surface area contributed by atoms with E-state index >= 15 is 0 Å². The molecule has 0 amide bonds. The molecule has 0 spiro atoms. The molecule has 0 N–H and O–H groups in total. The molecule has 0 atom stereocenters. The number of rotatable bonds is 5. The van der Waals surface area contributed by atoms with E-state index in [1.807, 2.05) is 6.07 Å². The fourth-order valence-corrected chi connectivity index (χ4v) is 4.64. The summed E-state index contributed by atoms with van der Waals surface area (Å²) in [5.74, 6) is -0.0498. The Balaban J connectivity index is 2.25. The van der Waals surface area contributed by atoms with Gasteiger partial charge < -0.3 is 0 Å². The van der Waals surface area contributed by atoms with Crippen LogP contribution in [0, 0.1) is 16.7 Å². The van der Waals surface area contributed by atoms with Crippen LogP contribution in [0.5, 0.6) is 0 Å². The molecule has 1 aromatic carbocycles. The van der Waals surface area contributed by atoms with E-state index < -0.39 is 25.1 Å². The lowest BCUT2D eigenvalue weighted by Gasteiger charge is -2.11. The van der Waals surface area contributed by atoms with Crippen molar-refractivity contribution >= 4 is 19.7 Å². The molecular formula is C13H15NO4S2. The average molecular weight is 313 g/mol. The van der Waals surface area contributed by atoms with Crippen molar-refractivity contribution in [3.8, 4) is 6.07 Å². The first kappa shape index (κ1) is 15.0. The molecule has 0 bridgehead atoms. The zero-order chi connectivity index (χ0) is 15.0. The highest BCUT2D eigenvalue weighted by molar-refractivity contribution is 7.91. The molecule has 108 valence electrons. The van der Waals surface area contributed by atoms with Gasteiger partial charge in [-0.05, 0) is 42.5 Å². The molecular weight excluding hydrogens is 298 g/mol. The Bertz CT molecular complexity index is 752. The predicted octanol–water partition coefficient (Wildman–Crippen LogP) is 1.56. The van der Waals surface area contributed by atoms with E-state index in [0.717, 1.165) is 19.1 Å². The van der Waals surface area contributed by atoms with Crippen molar-refractivity contribution in [2.45, 2.75) is 29.1 Å². The molecule has 1 aliphatic carbocycles. The summed E-state index contributed by atoms with van der Waals surface area (Å²) < 4.78 is 47.2. The topological polar surface area (TPSA) is 92.1 Å². The van der Waals surface area contributed by atoms with Crippen molar-refractivity contribution < 1.29 is 16.8 Å². The second kappa shape index (κ2) is 4.86. The molecule has 20 heavy (non-hydrogen) atoms. The second-order valence-corrected chi connectivity index (χ2v) is 9.34. The van der Waals surface area contributed by atoms with E-state index in [0.29, 0.717) is 0 Å². The normalized spacial score (nSPS) is 17.4. The van der Waals surface area contributed by atoms with Crippen LogP contribution in [0.25, 0.3) is 0 Å². The van der Waals surface area contributed by atoms with Crippen LogP contribution in [0.2, 0.25) is 0 Å². The van der Waals surface area contributed by atoms with Crippen molar-refractivity contribution in [2.75, 3.05) is 12.0 Å². The fourth-order valence-electron chi connectivity index (χ4n) is 2.10. The number of nitriles is 1. The van der Waals surface area contributed by atoms with Crippen molar-refractivity contribution in [2.24, 2.45) is 5.41 Å². The monoisotopic (exact) mass is 313 g/mol. The van der Waals surface area contributed by atoms with E-state index in [1.54, 1.807) is 0 Å². The molecule has 2 rings (SSSR count). The van der Waals surface area contributed by atoms with Gasteiger partial charge in [-0.3, -0.25) is 0 Å². The van der Waals surface area contributed by atoms with Gasteiger partial charge in [0.15, 0.2) is 19.7 Å². The summed E-state index contributed by atoms with van der Waals surface area (Å²) in [5, 5.41) is 8.72. The van der Waals surface area contributed by atoms with Gasteiger partial charge in [0.1, 0.15) is 0 Å². The van der Waals surface area contributed by atoms with Crippen LogP contribution in [0.4, 0.5) is 0 Å². The predicted molar refractivity (Wildman–Crippen MR) is 73.5 cm³/mol. The first-order valence-corrected chi connectivity index (χ1v) is 9.63. The minimum absolute atomic E-state index is 0.0498. The Morgan fingerprint density at radius 3 is 2.00 bits per heavy atom. The van der Waals surface area contributed by atoms with Gasteiger partial charge in [-0.1, -0.05) is 0 Å². The van der Waals surface area contributed by atoms with Gasteiger partial charge in [0.25, 0.3) is 0 Å². The van der Waals surface area contributed by atoms with Crippen molar-refractivity contribution in [1.82, 2.24) is 0 Å². The van der Waals surface area contributed by atoms with E-state index in [9.17, 15) is 16.8 Å². The summed E-state index contributed by atoms with van der Waals surface area (Å²) in [7, 11) is -6.82. The van der Waals surface area contributed by atoms with Crippen LogP contribution < -0.4 is 0 Å². The Labute approximate surface area is 119 Å². The number of nitrogens with zero attached hydrogens (tertiary/aromatic N) is 1. The average Bonchev–Trinajstić information content (AvgIpc) is 3.07. The fraction of sp³-hybridized carbons (Fsp3) is 0.462. The van der Waals surface area contributed by atoms with Gasteiger partial charge in [0, 0.05) is 12.7 Å². The molecule has 7 heteroatoms. The largest absolute Gasteiger partial charge is 0.224 e. The van der Waals surface area contributed by atoms with Gasteiger partial charge in [-0.2, -0.15) is 5.26 Å². The third-order valence-electron chi connectivity index (χ3n) is 3.52. The first-order valence-electron chi connectivity index (χ1n) is 6.08. The molecule has 0 saturated heterocycles. The smallest absolute Gasteiger partial charge is 0.178 e. The minimum Gasteiger partial charge on any atom is -0.224 e. The summed E-state index contributed by atoms with van der Waals surface area (Å²) >= 11 is 0. The number of benzene rings is 1. The summed E-state index contributed by atoms with van der Waals surface area (Å²) in [6, 6.07) is 7.25. The molecule has 1 aromatic rings. The maximum atomic E-state index is 12.3. The van der Waals surface area contributed by atoms with Crippen LogP contribution in [-0.4, -0.2) is 28.8 Å². The van der Waals surface area contributed by atoms with Crippen molar-refractivity contribution in [3.05, 3.63) is 24.3 Å². The van der Waals surface area contributed by atoms with E-state index in [2.05, 4.69) is 0 Å². The summed E-state index contributed by atoms with van der Waals surface area (Å²) in [5.41, 5.74) is -0.400. The zero-order valence-corrected chi connectivity index (χ0v) is 12.7. The van der Waals surface area contributed by atoms with Crippen LogP contribution in [0.1, 0.15) is 19.3 Å². The van der Waals surface area contributed by atoms with Crippen LogP contribution in [0.3, 0.4) is 0 Å². The molecule has 1 aliphatic rings. The Morgan fingerprint density at radius 1 is 1.10 bits per heavy atom. The molecule has 0 unspecified atom stereocenters. The Hall–Kier alpha value is -1.39. The Morgan fingerprint density at radius 2 is 1.60 bits per heavy atom. The molecule has 1 saturated carbocycles. The standard InChI is InChI=1S/C13H15NO4S2/c1-19(15,16)11-2-4-12(5-3-11)20(17,18)10-13(6-7-13)8-9-14/h2-5H,6-8,10H2,1H3. The third-order valence-corrected chi connectivity index (χ3v) is 6.63. The lowest BCUT2D eigenvalue weighted by atomic mass is 10.1. The number of hydrogen-bond donors (Lipinski definition) is 0. The second-order valence-electron chi connectivity index (χ2n) is 5.34. The highest BCUT2D eigenvalue weighted by Gasteiger charge is 2.46. The van der Waals surface area contributed by atoms with Crippen LogP contribution in [-0.2, 0) is 19.7 Å². The van der Waals surface area contributed by atoms with E-state index in [-0.39, 0.29) is 22.0 Å². The van der Waals surface area contributed by atoms with E-state index in [4.69, 9.17) is 5.26 Å². The molecule has 5 nitrogen and oxygen atoms in total. The van der Waals surface area contributed by atoms with Crippen LogP contribution in [0.15, 0.2) is 34.1 Å².